The fourth-order valence-electron chi connectivity index (χ4n) is 1.90. The van der Waals surface area contributed by atoms with Gasteiger partial charge in [-0.25, -0.2) is 4.98 Å². The highest BCUT2D eigenvalue weighted by Crippen LogP contribution is 2.31. The third-order valence-electron chi connectivity index (χ3n) is 2.79. The summed E-state index contributed by atoms with van der Waals surface area (Å²) in [4.78, 5) is 4.43. The van der Waals surface area contributed by atoms with E-state index in [0.717, 1.165) is 13.1 Å². The molecular formula is C12H17Cl2N3S. The summed E-state index contributed by atoms with van der Waals surface area (Å²) in [7, 11) is 0. The zero-order valence-corrected chi connectivity index (χ0v) is 12.6. The highest BCUT2D eigenvalue weighted by molar-refractivity contribution is 8.00. The minimum Gasteiger partial charge on any atom is -0.369 e. The third kappa shape index (κ3) is 3.59. The SMILES string of the molecule is CCNc1nc(NCC2CCCS2)c(Cl)cc1Cl. The molecule has 0 saturated carbocycles. The summed E-state index contributed by atoms with van der Waals surface area (Å²) in [6.45, 7) is 3.70. The summed E-state index contributed by atoms with van der Waals surface area (Å²) in [5.41, 5.74) is 0. The van der Waals surface area contributed by atoms with E-state index in [1.807, 2.05) is 18.7 Å². The standard InChI is InChI=1S/C12H17Cl2N3S/c1-2-15-11-9(13)6-10(14)12(17-11)16-7-8-4-3-5-18-8/h6,8H,2-5,7H2,1H3,(H2,15,16,17). The van der Waals surface area contributed by atoms with Crippen molar-refractivity contribution in [2.45, 2.75) is 25.0 Å². The fraction of sp³-hybridized carbons (Fsp3) is 0.583. The Kier molecular flexibility index (Phi) is 5.27. The number of thioether (sulfide) groups is 1. The molecule has 100 valence electrons. The van der Waals surface area contributed by atoms with Crippen LogP contribution in [-0.2, 0) is 0 Å². The quantitative estimate of drug-likeness (QED) is 0.858. The Labute approximate surface area is 122 Å². The molecule has 2 heterocycles. The number of hydrogen-bond donors (Lipinski definition) is 2. The number of anilines is 2. The number of rotatable bonds is 5. The van der Waals surface area contributed by atoms with Crippen molar-refractivity contribution in [3.8, 4) is 0 Å². The summed E-state index contributed by atoms with van der Waals surface area (Å²) in [6.07, 6.45) is 2.57. The second kappa shape index (κ2) is 6.73. The Morgan fingerprint density at radius 3 is 2.67 bits per heavy atom. The van der Waals surface area contributed by atoms with E-state index in [0.29, 0.717) is 26.9 Å². The predicted octanol–water partition coefficient (Wildman–Crippen LogP) is 4.13. The monoisotopic (exact) mass is 305 g/mol. The first-order valence-corrected chi connectivity index (χ1v) is 7.96. The van der Waals surface area contributed by atoms with Crippen LogP contribution in [0.1, 0.15) is 19.8 Å². The normalized spacial score (nSPS) is 18.9. The average molecular weight is 306 g/mol. The molecule has 0 aliphatic carbocycles. The van der Waals surface area contributed by atoms with Crippen LogP contribution < -0.4 is 10.6 Å². The van der Waals surface area contributed by atoms with Crippen molar-refractivity contribution in [3.63, 3.8) is 0 Å². The Bertz CT molecular complexity index is 409. The van der Waals surface area contributed by atoms with Gasteiger partial charge in [-0.15, -0.1) is 0 Å². The number of hydrogen-bond acceptors (Lipinski definition) is 4. The Morgan fingerprint density at radius 1 is 1.33 bits per heavy atom. The molecule has 0 amide bonds. The molecule has 1 aliphatic rings. The van der Waals surface area contributed by atoms with Gasteiger partial charge in [0, 0.05) is 18.3 Å². The molecule has 1 aliphatic heterocycles. The molecule has 1 aromatic rings. The second-order valence-corrected chi connectivity index (χ2v) is 6.42. The van der Waals surface area contributed by atoms with Crippen LogP contribution in [0.15, 0.2) is 6.07 Å². The predicted molar refractivity (Wildman–Crippen MR) is 82.4 cm³/mol. The van der Waals surface area contributed by atoms with Gasteiger partial charge in [0.2, 0.25) is 0 Å². The molecule has 1 unspecified atom stereocenters. The van der Waals surface area contributed by atoms with Crippen LogP contribution in [0, 0.1) is 0 Å². The molecule has 0 aromatic carbocycles. The summed E-state index contributed by atoms with van der Waals surface area (Å²) >= 11 is 14.2. The molecule has 2 rings (SSSR count). The van der Waals surface area contributed by atoms with Gasteiger partial charge in [-0.2, -0.15) is 11.8 Å². The van der Waals surface area contributed by atoms with E-state index in [4.69, 9.17) is 23.2 Å². The zero-order valence-electron chi connectivity index (χ0n) is 10.3. The number of aromatic nitrogens is 1. The molecule has 6 heteroatoms. The van der Waals surface area contributed by atoms with Crippen LogP contribution in [0.5, 0.6) is 0 Å². The van der Waals surface area contributed by atoms with E-state index in [1.165, 1.54) is 18.6 Å². The van der Waals surface area contributed by atoms with E-state index in [-0.39, 0.29) is 0 Å². The lowest BCUT2D eigenvalue weighted by Gasteiger charge is -2.14. The number of nitrogens with zero attached hydrogens (tertiary/aromatic N) is 1. The van der Waals surface area contributed by atoms with Gasteiger partial charge >= 0.3 is 0 Å². The van der Waals surface area contributed by atoms with Crippen LogP contribution in [-0.4, -0.2) is 29.1 Å². The maximum Gasteiger partial charge on any atom is 0.147 e. The number of pyridine rings is 1. The molecule has 1 fully saturated rings. The smallest absolute Gasteiger partial charge is 0.147 e. The van der Waals surface area contributed by atoms with Crippen molar-refractivity contribution in [2.24, 2.45) is 0 Å². The highest BCUT2D eigenvalue weighted by atomic mass is 35.5. The van der Waals surface area contributed by atoms with Gasteiger partial charge in [0.15, 0.2) is 0 Å². The molecule has 2 N–H and O–H groups in total. The van der Waals surface area contributed by atoms with Crippen LogP contribution in [0.2, 0.25) is 10.0 Å². The maximum absolute atomic E-state index is 6.14. The topological polar surface area (TPSA) is 37.0 Å². The first-order chi connectivity index (χ1) is 8.70. The summed E-state index contributed by atoms with van der Waals surface area (Å²) in [6, 6.07) is 1.73. The maximum atomic E-state index is 6.14. The molecule has 0 spiro atoms. The van der Waals surface area contributed by atoms with Crippen LogP contribution in [0.3, 0.4) is 0 Å². The van der Waals surface area contributed by atoms with E-state index in [9.17, 15) is 0 Å². The molecule has 0 bridgehead atoms. The first-order valence-electron chi connectivity index (χ1n) is 6.16. The molecule has 1 saturated heterocycles. The minimum absolute atomic E-state index is 0.558. The summed E-state index contributed by atoms with van der Waals surface area (Å²) in [5, 5.41) is 8.24. The largest absolute Gasteiger partial charge is 0.369 e. The zero-order chi connectivity index (χ0) is 13.0. The molecule has 1 aromatic heterocycles. The number of halogens is 2. The van der Waals surface area contributed by atoms with Crippen LogP contribution in [0.25, 0.3) is 0 Å². The van der Waals surface area contributed by atoms with E-state index >= 15 is 0 Å². The average Bonchev–Trinajstić information content (AvgIpc) is 2.84. The van der Waals surface area contributed by atoms with E-state index in [2.05, 4.69) is 15.6 Å². The number of nitrogens with one attached hydrogen (secondary N) is 2. The molecule has 0 radical (unpaired) electrons. The van der Waals surface area contributed by atoms with E-state index < -0.39 is 0 Å². The third-order valence-corrected chi connectivity index (χ3v) is 4.77. The van der Waals surface area contributed by atoms with Crippen molar-refractivity contribution in [1.82, 2.24) is 4.98 Å². The van der Waals surface area contributed by atoms with Crippen molar-refractivity contribution < 1.29 is 0 Å². The molecule has 18 heavy (non-hydrogen) atoms. The Morgan fingerprint density at radius 2 is 2.06 bits per heavy atom. The second-order valence-electron chi connectivity index (χ2n) is 4.20. The van der Waals surface area contributed by atoms with Crippen molar-refractivity contribution >= 4 is 46.6 Å². The van der Waals surface area contributed by atoms with Crippen molar-refractivity contribution in [3.05, 3.63) is 16.1 Å². The summed E-state index contributed by atoms with van der Waals surface area (Å²) < 4.78 is 0. The Hall–Kier alpha value is -0.320. The van der Waals surface area contributed by atoms with Gasteiger partial charge in [-0.3, -0.25) is 0 Å². The molecule has 1 atom stereocenters. The van der Waals surface area contributed by atoms with Gasteiger partial charge in [-0.1, -0.05) is 23.2 Å². The Balaban J connectivity index is 2.03. The lowest BCUT2D eigenvalue weighted by atomic mass is 10.2. The van der Waals surface area contributed by atoms with Gasteiger partial charge in [0.25, 0.3) is 0 Å². The van der Waals surface area contributed by atoms with Gasteiger partial charge in [0.1, 0.15) is 11.6 Å². The van der Waals surface area contributed by atoms with Gasteiger partial charge < -0.3 is 10.6 Å². The van der Waals surface area contributed by atoms with Crippen LogP contribution in [0.4, 0.5) is 11.6 Å². The lowest BCUT2D eigenvalue weighted by Crippen LogP contribution is -2.15. The fourth-order valence-corrected chi connectivity index (χ4v) is 3.59. The van der Waals surface area contributed by atoms with E-state index in [1.54, 1.807) is 6.07 Å². The van der Waals surface area contributed by atoms with Crippen LogP contribution >= 0.6 is 35.0 Å². The van der Waals surface area contributed by atoms with Crippen molar-refractivity contribution in [2.75, 3.05) is 29.5 Å². The van der Waals surface area contributed by atoms with Gasteiger partial charge in [-0.05, 0) is 31.6 Å². The first kappa shape index (κ1) is 14.1. The lowest BCUT2D eigenvalue weighted by molar-refractivity contribution is 0.803. The molecular weight excluding hydrogens is 289 g/mol. The van der Waals surface area contributed by atoms with Crippen molar-refractivity contribution in [1.29, 1.82) is 0 Å². The summed E-state index contributed by atoms with van der Waals surface area (Å²) in [5.74, 6) is 2.66. The van der Waals surface area contributed by atoms with Gasteiger partial charge in [0.05, 0.1) is 10.0 Å². The molecule has 3 nitrogen and oxygen atoms in total. The highest BCUT2D eigenvalue weighted by Gasteiger charge is 2.16. The minimum atomic E-state index is 0.558.